The van der Waals surface area contributed by atoms with Gasteiger partial charge in [-0.3, -0.25) is 0 Å². The number of ether oxygens (including phenoxy) is 3. The van der Waals surface area contributed by atoms with Crippen LogP contribution >= 0.6 is 0 Å². The molecule has 128 valence electrons. The summed E-state index contributed by atoms with van der Waals surface area (Å²) in [6.07, 6.45) is 0. The Kier molecular flexibility index (Phi) is 5.27. The van der Waals surface area contributed by atoms with Gasteiger partial charge in [0.2, 0.25) is 6.79 Å². The Morgan fingerprint density at radius 1 is 1.16 bits per heavy atom. The Balaban J connectivity index is 1.38. The van der Waals surface area contributed by atoms with E-state index in [0.29, 0.717) is 17.2 Å². The van der Waals surface area contributed by atoms with Crippen LogP contribution in [0.15, 0.2) is 42.5 Å². The molecule has 0 saturated carbocycles. The van der Waals surface area contributed by atoms with E-state index in [1.807, 2.05) is 31.2 Å². The van der Waals surface area contributed by atoms with Crippen LogP contribution in [-0.4, -0.2) is 26.0 Å². The van der Waals surface area contributed by atoms with E-state index in [1.165, 1.54) is 0 Å². The maximum atomic E-state index is 11.8. The second-order valence-corrected chi connectivity index (χ2v) is 5.28. The largest absolute Gasteiger partial charge is 0.481 e. The second kappa shape index (κ2) is 7.97. The van der Waals surface area contributed by atoms with Crippen LogP contribution in [-0.2, 0) is 0 Å². The number of hydrogen-bond donors (Lipinski definition) is 2. The van der Waals surface area contributed by atoms with Gasteiger partial charge in [0.1, 0.15) is 12.4 Å². The van der Waals surface area contributed by atoms with Gasteiger partial charge in [-0.05, 0) is 30.7 Å². The van der Waals surface area contributed by atoms with Crippen molar-refractivity contribution in [1.29, 1.82) is 0 Å². The molecule has 2 amide bonds. The highest BCUT2D eigenvalue weighted by Crippen LogP contribution is 2.34. The number of rotatable bonds is 4. The normalized spacial score (nSPS) is 11.2. The first kappa shape index (κ1) is 16.5. The van der Waals surface area contributed by atoms with Crippen molar-refractivity contribution in [2.75, 3.05) is 25.3 Å². The predicted molar refractivity (Wildman–Crippen MR) is 94.0 cm³/mol. The van der Waals surface area contributed by atoms with Gasteiger partial charge in [-0.15, -0.1) is 0 Å². The zero-order chi connectivity index (χ0) is 17.5. The third kappa shape index (κ3) is 4.58. The Hall–Kier alpha value is -3.33. The maximum absolute atomic E-state index is 11.8. The van der Waals surface area contributed by atoms with Crippen LogP contribution in [0.4, 0.5) is 10.5 Å². The highest BCUT2D eigenvalue weighted by Gasteiger charge is 2.13. The van der Waals surface area contributed by atoms with Gasteiger partial charge in [-0.2, -0.15) is 0 Å². The van der Waals surface area contributed by atoms with E-state index in [1.54, 1.807) is 18.2 Å². The van der Waals surface area contributed by atoms with Crippen molar-refractivity contribution in [1.82, 2.24) is 5.32 Å². The van der Waals surface area contributed by atoms with E-state index in [4.69, 9.17) is 14.2 Å². The Bertz CT molecular complexity index is 824. The number of para-hydroxylation sites is 1. The van der Waals surface area contributed by atoms with E-state index < -0.39 is 0 Å². The van der Waals surface area contributed by atoms with Gasteiger partial charge in [0, 0.05) is 11.8 Å². The molecule has 0 aromatic heterocycles. The molecule has 1 aliphatic rings. The summed E-state index contributed by atoms with van der Waals surface area (Å²) >= 11 is 0. The van der Waals surface area contributed by atoms with Crippen LogP contribution < -0.4 is 24.8 Å². The minimum absolute atomic E-state index is 0.223. The number of urea groups is 1. The fraction of sp³-hybridized carbons (Fsp3) is 0.211. The molecule has 0 bridgehead atoms. The van der Waals surface area contributed by atoms with Gasteiger partial charge in [0.05, 0.1) is 6.54 Å². The fourth-order valence-electron chi connectivity index (χ4n) is 2.20. The first-order valence-electron chi connectivity index (χ1n) is 7.81. The van der Waals surface area contributed by atoms with Crippen molar-refractivity contribution in [3.05, 3.63) is 48.0 Å². The molecule has 2 aromatic rings. The molecule has 0 saturated heterocycles. The summed E-state index contributed by atoms with van der Waals surface area (Å²) in [4.78, 5) is 11.8. The van der Waals surface area contributed by atoms with E-state index in [0.717, 1.165) is 11.3 Å². The number of nitrogens with one attached hydrogen (secondary N) is 2. The summed E-state index contributed by atoms with van der Waals surface area (Å²) in [7, 11) is 0. The molecule has 0 unspecified atom stereocenters. The number of anilines is 1. The molecule has 1 aliphatic heterocycles. The second-order valence-electron chi connectivity index (χ2n) is 5.28. The number of benzene rings is 2. The first-order chi connectivity index (χ1) is 12.2. The minimum Gasteiger partial charge on any atom is -0.481 e. The Morgan fingerprint density at radius 3 is 2.88 bits per heavy atom. The van der Waals surface area contributed by atoms with E-state index >= 15 is 0 Å². The summed E-state index contributed by atoms with van der Waals surface area (Å²) in [5.41, 5.74) is 1.78. The molecule has 0 aliphatic carbocycles. The van der Waals surface area contributed by atoms with E-state index in [-0.39, 0.29) is 26.0 Å². The molecule has 0 spiro atoms. The van der Waals surface area contributed by atoms with Gasteiger partial charge < -0.3 is 24.8 Å². The highest BCUT2D eigenvalue weighted by molar-refractivity contribution is 5.90. The van der Waals surface area contributed by atoms with Crippen LogP contribution in [0, 0.1) is 18.8 Å². The lowest BCUT2D eigenvalue weighted by molar-refractivity contribution is 0.174. The standard InChI is InChI=1S/C19H18N2O4/c1-14-6-2-3-7-16(14)21-19(22)20-10-4-5-11-23-15-8-9-17-18(12-15)25-13-24-17/h2-3,6-9,12H,10-11,13H2,1H3,(H2,20,21,22). The van der Waals surface area contributed by atoms with Crippen LogP contribution in [0.1, 0.15) is 5.56 Å². The molecular formula is C19H18N2O4. The van der Waals surface area contributed by atoms with Crippen molar-refractivity contribution in [3.8, 4) is 29.1 Å². The topological polar surface area (TPSA) is 68.8 Å². The van der Waals surface area contributed by atoms with Gasteiger partial charge >= 0.3 is 6.03 Å². The lowest BCUT2D eigenvalue weighted by atomic mass is 10.2. The van der Waals surface area contributed by atoms with Gasteiger partial charge in [-0.25, -0.2) is 4.79 Å². The smallest absolute Gasteiger partial charge is 0.320 e. The number of fused-ring (bicyclic) bond motifs is 1. The molecular weight excluding hydrogens is 320 g/mol. The van der Waals surface area contributed by atoms with Crippen LogP contribution in [0.2, 0.25) is 0 Å². The number of hydrogen-bond acceptors (Lipinski definition) is 4. The number of aryl methyl sites for hydroxylation is 1. The molecule has 0 fully saturated rings. The molecule has 25 heavy (non-hydrogen) atoms. The number of carbonyl (C=O) groups is 1. The maximum Gasteiger partial charge on any atom is 0.320 e. The van der Waals surface area contributed by atoms with Crippen molar-refractivity contribution in [2.24, 2.45) is 0 Å². The average Bonchev–Trinajstić information content (AvgIpc) is 3.08. The Morgan fingerprint density at radius 2 is 2.00 bits per heavy atom. The lowest BCUT2D eigenvalue weighted by Crippen LogP contribution is -2.29. The predicted octanol–water partition coefficient (Wildman–Crippen LogP) is 2.93. The number of carbonyl (C=O) groups excluding carboxylic acids is 1. The third-order valence-corrected chi connectivity index (χ3v) is 3.51. The summed E-state index contributed by atoms with van der Waals surface area (Å²) in [6.45, 7) is 2.63. The molecule has 2 aromatic carbocycles. The zero-order valence-corrected chi connectivity index (χ0v) is 13.8. The quantitative estimate of drug-likeness (QED) is 0.841. The van der Waals surface area contributed by atoms with Gasteiger partial charge in [0.25, 0.3) is 0 Å². The third-order valence-electron chi connectivity index (χ3n) is 3.51. The average molecular weight is 338 g/mol. The summed E-state index contributed by atoms with van der Waals surface area (Å²) < 4.78 is 16.0. The molecule has 2 N–H and O–H groups in total. The molecule has 0 radical (unpaired) electrons. The van der Waals surface area contributed by atoms with Crippen LogP contribution in [0.3, 0.4) is 0 Å². The van der Waals surface area contributed by atoms with Crippen LogP contribution in [0.5, 0.6) is 17.2 Å². The molecule has 3 rings (SSSR count). The SMILES string of the molecule is Cc1ccccc1NC(=O)NCC#CCOc1ccc2c(c1)OCO2. The minimum atomic E-state index is -0.291. The summed E-state index contributed by atoms with van der Waals surface area (Å²) in [5.74, 6) is 7.72. The van der Waals surface area contributed by atoms with Gasteiger partial charge in [-0.1, -0.05) is 30.0 Å². The molecule has 6 nitrogen and oxygen atoms in total. The highest BCUT2D eigenvalue weighted by atomic mass is 16.7. The summed E-state index contributed by atoms with van der Waals surface area (Å²) in [6, 6.07) is 12.6. The first-order valence-corrected chi connectivity index (χ1v) is 7.81. The van der Waals surface area contributed by atoms with E-state index in [9.17, 15) is 4.79 Å². The van der Waals surface area contributed by atoms with Crippen molar-refractivity contribution >= 4 is 11.7 Å². The van der Waals surface area contributed by atoms with Gasteiger partial charge in [0.15, 0.2) is 11.5 Å². The molecule has 1 heterocycles. The number of amides is 2. The fourth-order valence-corrected chi connectivity index (χ4v) is 2.20. The van der Waals surface area contributed by atoms with Crippen molar-refractivity contribution in [2.45, 2.75) is 6.92 Å². The zero-order valence-electron chi connectivity index (χ0n) is 13.8. The molecule has 6 heteroatoms. The lowest BCUT2D eigenvalue weighted by Gasteiger charge is -2.07. The molecule has 0 atom stereocenters. The monoisotopic (exact) mass is 338 g/mol. The van der Waals surface area contributed by atoms with Crippen LogP contribution in [0.25, 0.3) is 0 Å². The van der Waals surface area contributed by atoms with Crippen molar-refractivity contribution < 1.29 is 19.0 Å². The Labute approximate surface area is 146 Å². The summed E-state index contributed by atoms with van der Waals surface area (Å²) in [5, 5.41) is 5.45. The van der Waals surface area contributed by atoms with E-state index in [2.05, 4.69) is 22.5 Å². The van der Waals surface area contributed by atoms with Crippen molar-refractivity contribution in [3.63, 3.8) is 0 Å².